The zero-order valence-electron chi connectivity index (χ0n) is 16.0. The molecule has 0 aliphatic carbocycles. The molecule has 0 bridgehead atoms. The predicted octanol–water partition coefficient (Wildman–Crippen LogP) is 3.82. The standard InChI is InChI=1S/C12H11N.C10H14N2O4/c1-3-7-11(8-4-1)13-12-9-5-2-6-10-12;13-6-4-11(5-7-14)9-2-1-3-10(8-9)12(15)16/h1-10,13H;1-3,8,13-14H,4-7H2. The second kappa shape index (κ2) is 12.1. The average molecular weight is 395 g/mol. The quantitative estimate of drug-likeness (QED) is 0.396. The van der Waals surface area contributed by atoms with Crippen molar-refractivity contribution < 1.29 is 15.1 Å². The molecule has 3 aromatic rings. The minimum atomic E-state index is -0.473. The molecule has 3 rings (SSSR count). The van der Waals surface area contributed by atoms with E-state index in [2.05, 4.69) is 5.32 Å². The van der Waals surface area contributed by atoms with Gasteiger partial charge in [-0.15, -0.1) is 0 Å². The highest BCUT2D eigenvalue weighted by Crippen LogP contribution is 2.20. The van der Waals surface area contributed by atoms with E-state index in [9.17, 15) is 10.1 Å². The van der Waals surface area contributed by atoms with Crippen molar-refractivity contribution in [1.29, 1.82) is 0 Å². The zero-order valence-corrected chi connectivity index (χ0v) is 16.0. The Morgan fingerprint density at radius 1 is 0.793 bits per heavy atom. The van der Waals surface area contributed by atoms with Gasteiger partial charge in [0.1, 0.15) is 0 Å². The van der Waals surface area contributed by atoms with Crippen molar-refractivity contribution in [2.75, 3.05) is 36.5 Å². The third-order valence-electron chi connectivity index (χ3n) is 3.98. The van der Waals surface area contributed by atoms with Crippen molar-refractivity contribution in [2.45, 2.75) is 0 Å². The Morgan fingerprint density at radius 2 is 1.31 bits per heavy atom. The molecule has 3 N–H and O–H groups in total. The van der Waals surface area contributed by atoms with Crippen LogP contribution in [0.15, 0.2) is 84.9 Å². The van der Waals surface area contributed by atoms with Crippen molar-refractivity contribution in [3.05, 3.63) is 95.0 Å². The number of para-hydroxylation sites is 2. The number of hydrogen-bond acceptors (Lipinski definition) is 6. The van der Waals surface area contributed by atoms with Crippen LogP contribution in [0.5, 0.6) is 0 Å². The Morgan fingerprint density at radius 3 is 1.76 bits per heavy atom. The fourth-order valence-electron chi connectivity index (χ4n) is 2.62. The maximum Gasteiger partial charge on any atom is 0.271 e. The molecule has 0 aliphatic rings. The number of nitrogens with zero attached hydrogens (tertiary/aromatic N) is 2. The van der Waals surface area contributed by atoms with Crippen LogP contribution >= 0.6 is 0 Å². The summed E-state index contributed by atoms with van der Waals surface area (Å²) in [4.78, 5) is 11.8. The Bertz CT molecular complexity index is 817. The number of hydrogen-bond donors (Lipinski definition) is 3. The molecule has 0 fully saturated rings. The van der Waals surface area contributed by atoms with Crippen molar-refractivity contribution >= 4 is 22.7 Å². The van der Waals surface area contributed by atoms with Crippen LogP contribution in [0.2, 0.25) is 0 Å². The molecule has 0 amide bonds. The summed E-state index contributed by atoms with van der Waals surface area (Å²) < 4.78 is 0. The first-order valence-corrected chi connectivity index (χ1v) is 9.22. The molecular formula is C22H25N3O4. The Balaban J connectivity index is 0.000000211. The summed E-state index contributed by atoms with van der Waals surface area (Å²) in [5, 5.41) is 31.6. The summed E-state index contributed by atoms with van der Waals surface area (Å²) in [5.74, 6) is 0. The Hall–Kier alpha value is -3.42. The predicted molar refractivity (Wildman–Crippen MR) is 116 cm³/mol. The lowest BCUT2D eigenvalue weighted by molar-refractivity contribution is -0.384. The lowest BCUT2D eigenvalue weighted by Gasteiger charge is -2.22. The van der Waals surface area contributed by atoms with Gasteiger partial charge >= 0.3 is 0 Å². The van der Waals surface area contributed by atoms with Crippen LogP contribution in [-0.4, -0.2) is 41.4 Å². The first-order chi connectivity index (χ1) is 14.1. The molecule has 0 heterocycles. The molecule has 7 heteroatoms. The molecule has 7 nitrogen and oxygen atoms in total. The molecule has 0 radical (unpaired) electrons. The second-order valence-electron chi connectivity index (χ2n) is 6.07. The maximum absolute atomic E-state index is 10.6. The van der Waals surface area contributed by atoms with Gasteiger partial charge in [-0.1, -0.05) is 42.5 Å². The molecule has 0 spiro atoms. The minimum absolute atomic E-state index is 0.00150. The average Bonchev–Trinajstić information content (AvgIpc) is 2.76. The third-order valence-corrected chi connectivity index (χ3v) is 3.98. The van der Waals surface area contributed by atoms with E-state index in [-0.39, 0.29) is 18.9 Å². The smallest absolute Gasteiger partial charge is 0.271 e. The van der Waals surface area contributed by atoms with E-state index in [1.807, 2.05) is 60.7 Å². The molecule has 0 saturated heterocycles. The van der Waals surface area contributed by atoms with Gasteiger partial charge in [0.05, 0.1) is 18.1 Å². The fraction of sp³-hybridized carbons (Fsp3) is 0.182. The lowest BCUT2D eigenvalue weighted by Crippen LogP contribution is -2.29. The third kappa shape index (κ3) is 7.61. The Labute approximate surface area is 170 Å². The van der Waals surface area contributed by atoms with Crippen LogP contribution in [0, 0.1) is 10.1 Å². The van der Waals surface area contributed by atoms with E-state index in [1.165, 1.54) is 12.1 Å². The van der Waals surface area contributed by atoms with E-state index in [0.717, 1.165) is 11.4 Å². The van der Waals surface area contributed by atoms with E-state index in [1.54, 1.807) is 17.0 Å². The number of benzene rings is 3. The lowest BCUT2D eigenvalue weighted by atomic mass is 10.2. The highest BCUT2D eigenvalue weighted by atomic mass is 16.6. The number of non-ortho nitro benzene ring substituents is 1. The first kappa shape index (κ1) is 21.9. The summed E-state index contributed by atoms with van der Waals surface area (Å²) in [5.41, 5.74) is 2.86. The van der Waals surface area contributed by atoms with Crippen LogP contribution < -0.4 is 10.2 Å². The van der Waals surface area contributed by atoms with Crippen LogP contribution in [0.25, 0.3) is 0 Å². The molecule has 0 atom stereocenters. The number of aliphatic hydroxyl groups is 2. The van der Waals surface area contributed by atoms with Crippen molar-refractivity contribution in [3.63, 3.8) is 0 Å². The number of anilines is 3. The van der Waals surface area contributed by atoms with E-state index in [0.29, 0.717) is 18.8 Å². The van der Waals surface area contributed by atoms with Crippen LogP contribution in [0.3, 0.4) is 0 Å². The number of nitrogens with one attached hydrogen (secondary N) is 1. The molecule has 0 unspecified atom stereocenters. The molecule has 0 aromatic heterocycles. The normalized spacial score (nSPS) is 9.86. The number of aliphatic hydroxyl groups excluding tert-OH is 2. The maximum atomic E-state index is 10.6. The molecular weight excluding hydrogens is 370 g/mol. The molecule has 29 heavy (non-hydrogen) atoms. The van der Waals surface area contributed by atoms with Gasteiger partial charge in [0.2, 0.25) is 0 Å². The van der Waals surface area contributed by atoms with E-state index < -0.39 is 4.92 Å². The van der Waals surface area contributed by atoms with Gasteiger partial charge in [0, 0.05) is 42.3 Å². The zero-order chi connectivity index (χ0) is 20.9. The van der Waals surface area contributed by atoms with Gasteiger partial charge in [-0.25, -0.2) is 0 Å². The van der Waals surface area contributed by atoms with Crippen LogP contribution in [0.4, 0.5) is 22.7 Å². The summed E-state index contributed by atoms with van der Waals surface area (Å²) >= 11 is 0. The number of rotatable bonds is 8. The SMILES string of the molecule is O=[N+]([O-])c1cccc(N(CCO)CCO)c1.c1ccc(Nc2ccccc2)cc1. The summed E-state index contributed by atoms with van der Waals surface area (Å²) in [6, 6.07) is 26.4. The highest BCUT2D eigenvalue weighted by Gasteiger charge is 2.10. The van der Waals surface area contributed by atoms with Gasteiger partial charge in [0.25, 0.3) is 5.69 Å². The summed E-state index contributed by atoms with van der Waals surface area (Å²) in [6.07, 6.45) is 0. The summed E-state index contributed by atoms with van der Waals surface area (Å²) in [7, 11) is 0. The molecule has 152 valence electrons. The highest BCUT2D eigenvalue weighted by molar-refractivity contribution is 5.58. The first-order valence-electron chi connectivity index (χ1n) is 9.22. The molecule has 0 aliphatic heterocycles. The van der Waals surface area contributed by atoms with Gasteiger partial charge in [-0.05, 0) is 30.3 Å². The van der Waals surface area contributed by atoms with Crippen molar-refractivity contribution in [1.82, 2.24) is 0 Å². The fourth-order valence-corrected chi connectivity index (χ4v) is 2.62. The van der Waals surface area contributed by atoms with Crippen LogP contribution in [-0.2, 0) is 0 Å². The monoisotopic (exact) mass is 395 g/mol. The minimum Gasteiger partial charge on any atom is -0.395 e. The van der Waals surface area contributed by atoms with Gasteiger partial charge in [0.15, 0.2) is 0 Å². The van der Waals surface area contributed by atoms with E-state index in [4.69, 9.17) is 10.2 Å². The topological polar surface area (TPSA) is 98.9 Å². The van der Waals surface area contributed by atoms with Crippen molar-refractivity contribution in [2.24, 2.45) is 0 Å². The number of nitro benzene ring substituents is 1. The molecule has 3 aromatic carbocycles. The largest absolute Gasteiger partial charge is 0.395 e. The number of nitro groups is 1. The second-order valence-corrected chi connectivity index (χ2v) is 6.07. The summed E-state index contributed by atoms with van der Waals surface area (Å²) in [6.45, 7) is 0.537. The molecule has 0 saturated carbocycles. The van der Waals surface area contributed by atoms with Gasteiger partial charge < -0.3 is 20.4 Å². The Kier molecular flexibility index (Phi) is 9.14. The van der Waals surface area contributed by atoms with Crippen molar-refractivity contribution in [3.8, 4) is 0 Å². The van der Waals surface area contributed by atoms with Gasteiger partial charge in [-0.2, -0.15) is 0 Å². The van der Waals surface area contributed by atoms with E-state index >= 15 is 0 Å². The van der Waals surface area contributed by atoms with Crippen LogP contribution in [0.1, 0.15) is 0 Å². The van der Waals surface area contributed by atoms with Gasteiger partial charge in [-0.3, -0.25) is 10.1 Å².